The minimum Gasteiger partial charge on any atom is -0.478 e. The second-order valence-electron chi connectivity index (χ2n) is 13.6. The number of hydrogen-bond acceptors (Lipinski definition) is 6. The molecule has 254 valence electrons. The van der Waals surface area contributed by atoms with Crippen molar-refractivity contribution in [2.75, 3.05) is 5.75 Å². The number of nitrogens with one attached hydrogen (secondary N) is 1. The molecule has 5 rings (SSSR count). The lowest BCUT2D eigenvalue weighted by atomic mass is 9.81. The SMILES string of the molecule is CCCc1nc2c(C)cc(C(=O)N[C@@H](CSC(=O)[C@@H](N)CC3CCC3)CC(C)C)cc2n1Cc1ccc(-c2ccccc2C(=O)O)cc1. The van der Waals surface area contributed by atoms with Gasteiger partial charge in [-0.3, -0.25) is 9.59 Å². The Kier molecular flexibility index (Phi) is 11.8. The van der Waals surface area contributed by atoms with Crippen LogP contribution in [0.1, 0.15) is 97.0 Å². The molecule has 1 aromatic heterocycles. The smallest absolute Gasteiger partial charge is 0.336 e. The zero-order chi connectivity index (χ0) is 34.4. The Balaban J connectivity index is 1.36. The van der Waals surface area contributed by atoms with Crippen LogP contribution in [0.25, 0.3) is 22.2 Å². The van der Waals surface area contributed by atoms with Crippen molar-refractivity contribution in [2.24, 2.45) is 17.6 Å². The largest absolute Gasteiger partial charge is 0.478 e. The molecule has 0 unspecified atom stereocenters. The molecule has 0 saturated heterocycles. The van der Waals surface area contributed by atoms with Crippen LogP contribution in [0.15, 0.2) is 60.7 Å². The number of carbonyl (C=O) groups excluding carboxylic acids is 2. The lowest BCUT2D eigenvalue weighted by molar-refractivity contribution is -0.112. The highest BCUT2D eigenvalue weighted by molar-refractivity contribution is 8.13. The zero-order valence-electron chi connectivity index (χ0n) is 28.5. The molecular weight excluding hydrogens is 621 g/mol. The molecular formula is C39H48N4O4S. The number of imidazole rings is 1. The molecule has 8 nitrogen and oxygen atoms in total. The summed E-state index contributed by atoms with van der Waals surface area (Å²) in [6.45, 7) is 8.92. The van der Waals surface area contributed by atoms with Gasteiger partial charge in [-0.25, -0.2) is 9.78 Å². The van der Waals surface area contributed by atoms with Gasteiger partial charge in [0.15, 0.2) is 0 Å². The van der Waals surface area contributed by atoms with Crippen molar-refractivity contribution in [3.8, 4) is 11.1 Å². The fraction of sp³-hybridized carbons (Fsp3) is 0.436. The molecule has 3 aromatic carbocycles. The van der Waals surface area contributed by atoms with E-state index >= 15 is 0 Å². The van der Waals surface area contributed by atoms with E-state index in [0.29, 0.717) is 35.3 Å². The van der Waals surface area contributed by atoms with Gasteiger partial charge in [0.25, 0.3) is 5.91 Å². The van der Waals surface area contributed by atoms with Crippen molar-refractivity contribution in [1.82, 2.24) is 14.9 Å². The highest BCUT2D eigenvalue weighted by Gasteiger charge is 2.26. The molecule has 1 fully saturated rings. The Bertz CT molecular complexity index is 1760. The average Bonchev–Trinajstić information content (AvgIpc) is 3.38. The van der Waals surface area contributed by atoms with Crippen molar-refractivity contribution in [1.29, 1.82) is 0 Å². The van der Waals surface area contributed by atoms with Crippen LogP contribution in [-0.4, -0.2) is 49.5 Å². The van der Waals surface area contributed by atoms with Gasteiger partial charge in [0.2, 0.25) is 5.12 Å². The second kappa shape index (κ2) is 16.0. The van der Waals surface area contributed by atoms with Gasteiger partial charge in [0.1, 0.15) is 5.82 Å². The van der Waals surface area contributed by atoms with Gasteiger partial charge < -0.3 is 20.7 Å². The summed E-state index contributed by atoms with van der Waals surface area (Å²) in [5.41, 5.74) is 12.3. The maximum Gasteiger partial charge on any atom is 0.336 e. The van der Waals surface area contributed by atoms with E-state index in [1.165, 1.54) is 18.2 Å². The van der Waals surface area contributed by atoms with Crippen LogP contribution in [0.5, 0.6) is 0 Å². The quantitative estimate of drug-likeness (QED) is 0.119. The van der Waals surface area contributed by atoms with Gasteiger partial charge in [-0.2, -0.15) is 0 Å². The number of carboxylic acid groups (broad SMARTS) is 1. The Labute approximate surface area is 287 Å². The van der Waals surface area contributed by atoms with Crippen LogP contribution in [0.3, 0.4) is 0 Å². The van der Waals surface area contributed by atoms with Crippen LogP contribution in [0.4, 0.5) is 0 Å². The number of rotatable bonds is 15. The number of carboxylic acids is 1. The Morgan fingerprint density at radius 3 is 2.46 bits per heavy atom. The molecule has 48 heavy (non-hydrogen) atoms. The first-order valence-corrected chi connectivity index (χ1v) is 18.2. The first kappa shape index (κ1) is 35.4. The van der Waals surface area contributed by atoms with E-state index in [9.17, 15) is 19.5 Å². The third-order valence-corrected chi connectivity index (χ3v) is 10.4. The molecule has 4 aromatic rings. The van der Waals surface area contributed by atoms with Crippen molar-refractivity contribution < 1.29 is 19.5 Å². The summed E-state index contributed by atoms with van der Waals surface area (Å²) in [5.74, 6) is 1.25. The van der Waals surface area contributed by atoms with Gasteiger partial charge >= 0.3 is 5.97 Å². The summed E-state index contributed by atoms with van der Waals surface area (Å²) >= 11 is 1.25. The molecule has 0 aliphatic heterocycles. The standard InChI is InChI=1S/C39H48N4O4S/c1-5-9-35-42-36-25(4)19-29(37(44)41-30(18-24(2)3)23-48-39(47)33(40)20-26-10-8-11-26)21-34(36)43(35)22-27-14-16-28(17-15-27)31-12-6-7-13-32(31)38(45)46/h6-7,12-17,19,21,24,26,30,33H,5,8-11,18,20,22-23,40H2,1-4H3,(H,41,44)(H,45,46)/t30-,33+/m1/s1. The van der Waals surface area contributed by atoms with E-state index < -0.39 is 12.0 Å². The first-order valence-electron chi connectivity index (χ1n) is 17.2. The molecule has 1 aliphatic rings. The average molecular weight is 669 g/mol. The summed E-state index contributed by atoms with van der Waals surface area (Å²) < 4.78 is 2.19. The monoisotopic (exact) mass is 668 g/mol. The normalized spacial score (nSPS) is 14.5. The Morgan fingerprint density at radius 1 is 1.08 bits per heavy atom. The molecule has 0 bridgehead atoms. The highest BCUT2D eigenvalue weighted by Crippen LogP contribution is 2.31. The van der Waals surface area contributed by atoms with E-state index in [1.807, 2.05) is 55.5 Å². The fourth-order valence-corrected chi connectivity index (χ4v) is 7.43. The molecule has 0 spiro atoms. The van der Waals surface area contributed by atoms with E-state index in [1.54, 1.807) is 12.1 Å². The maximum absolute atomic E-state index is 13.8. The minimum atomic E-state index is -0.954. The van der Waals surface area contributed by atoms with Crippen LogP contribution in [0.2, 0.25) is 0 Å². The van der Waals surface area contributed by atoms with Crippen LogP contribution >= 0.6 is 11.8 Å². The summed E-state index contributed by atoms with van der Waals surface area (Å²) in [7, 11) is 0. The fourth-order valence-electron chi connectivity index (χ4n) is 6.54. The topological polar surface area (TPSA) is 127 Å². The van der Waals surface area contributed by atoms with Gasteiger partial charge in [0.05, 0.1) is 22.6 Å². The number of nitrogens with two attached hydrogens (primary N) is 1. The second-order valence-corrected chi connectivity index (χ2v) is 14.7. The van der Waals surface area contributed by atoms with Crippen molar-refractivity contribution in [3.63, 3.8) is 0 Å². The van der Waals surface area contributed by atoms with Gasteiger partial charge in [-0.05, 0) is 78.5 Å². The Morgan fingerprint density at radius 2 is 1.81 bits per heavy atom. The number of amides is 1. The number of aryl methyl sites for hydroxylation is 2. The molecule has 4 N–H and O–H groups in total. The Hall–Kier alpha value is -3.95. The van der Waals surface area contributed by atoms with Gasteiger partial charge in [-0.1, -0.05) is 94.3 Å². The maximum atomic E-state index is 13.8. The summed E-state index contributed by atoms with van der Waals surface area (Å²) in [5, 5.41) is 12.9. The predicted molar refractivity (Wildman–Crippen MR) is 195 cm³/mol. The van der Waals surface area contributed by atoms with E-state index in [4.69, 9.17) is 10.7 Å². The summed E-state index contributed by atoms with van der Waals surface area (Å²) in [6, 6.07) is 18.2. The molecule has 1 saturated carbocycles. The zero-order valence-corrected chi connectivity index (χ0v) is 29.3. The lowest BCUT2D eigenvalue weighted by Gasteiger charge is -2.27. The summed E-state index contributed by atoms with van der Waals surface area (Å²) in [6.07, 6.45) is 6.79. The number of thioether (sulfide) groups is 1. The number of aromatic nitrogens is 2. The van der Waals surface area contributed by atoms with E-state index in [-0.39, 0.29) is 22.6 Å². The van der Waals surface area contributed by atoms with Gasteiger partial charge in [-0.15, -0.1) is 0 Å². The van der Waals surface area contributed by atoms with Crippen LogP contribution < -0.4 is 11.1 Å². The van der Waals surface area contributed by atoms with Crippen molar-refractivity contribution in [3.05, 3.63) is 88.7 Å². The number of hydrogen-bond donors (Lipinski definition) is 3. The number of aromatic carboxylic acids is 1. The third-order valence-electron chi connectivity index (χ3n) is 9.26. The first-order chi connectivity index (χ1) is 23.0. The van der Waals surface area contributed by atoms with E-state index in [0.717, 1.165) is 72.1 Å². The van der Waals surface area contributed by atoms with Crippen LogP contribution in [0, 0.1) is 18.8 Å². The van der Waals surface area contributed by atoms with Gasteiger partial charge in [0, 0.05) is 30.3 Å². The molecule has 9 heteroatoms. The highest BCUT2D eigenvalue weighted by atomic mass is 32.2. The third kappa shape index (κ3) is 8.55. The molecule has 1 amide bonds. The van der Waals surface area contributed by atoms with Crippen molar-refractivity contribution >= 4 is 39.8 Å². The summed E-state index contributed by atoms with van der Waals surface area (Å²) in [4.78, 5) is 43.4. The van der Waals surface area contributed by atoms with Crippen molar-refractivity contribution in [2.45, 2.75) is 91.3 Å². The number of fused-ring (bicyclic) bond motifs is 1. The molecule has 2 atom stereocenters. The number of nitrogens with zero attached hydrogens (tertiary/aromatic N) is 2. The predicted octanol–water partition coefficient (Wildman–Crippen LogP) is 7.63. The van der Waals surface area contributed by atoms with E-state index in [2.05, 4.69) is 30.7 Å². The minimum absolute atomic E-state index is 0.00801. The number of carbonyl (C=O) groups is 3. The molecule has 0 radical (unpaired) electrons. The lowest BCUT2D eigenvalue weighted by Crippen LogP contribution is -2.39. The number of benzene rings is 3. The van der Waals surface area contributed by atoms with Crippen LogP contribution in [-0.2, 0) is 17.8 Å². The molecule has 1 aliphatic carbocycles. The molecule has 1 heterocycles.